The summed E-state index contributed by atoms with van der Waals surface area (Å²) < 4.78 is 0. The Hall–Kier alpha value is 1.06. The van der Waals surface area contributed by atoms with Crippen molar-refractivity contribution in [3.63, 3.8) is 0 Å². The summed E-state index contributed by atoms with van der Waals surface area (Å²) >= 11 is 0. The zero-order valence-electron chi connectivity index (χ0n) is 4.72. The summed E-state index contributed by atoms with van der Waals surface area (Å²) in [5.41, 5.74) is 0. The van der Waals surface area contributed by atoms with Crippen LogP contribution in [-0.2, 0) is 32.7 Å². The van der Waals surface area contributed by atoms with Crippen molar-refractivity contribution in [1.29, 1.82) is 0 Å². The van der Waals surface area contributed by atoms with Crippen LogP contribution in [0, 0.1) is 6.42 Å². The van der Waals surface area contributed by atoms with Gasteiger partial charge in [-0.1, -0.05) is 0 Å². The van der Waals surface area contributed by atoms with Gasteiger partial charge in [-0.25, -0.2) is 0 Å². The molecule has 1 aliphatic heterocycles. The van der Waals surface area contributed by atoms with E-state index < -0.39 is 0 Å². The molecule has 1 nitrogen and oxygen atoms in total. The molecular formula is C5H10NY-. The van der Waals surface area contributed by atoms with E-state index in [1.807, 2.05) is 0 Å². The van der Waals surface area contributed by atoms with Crippen molar-refractivity contribution in [2.75, 3.05) is 20.1 Å². The maximum atomic E-state index is 2.31. The Morgan fingerprint density at radius 2 is 2.29 bits per heavy atom. The van der Waals surface area contributed by atoms with Gasteiger partial charge >= 0.3 is 0 Å². The molecule has 1 rings (SSSR count). The predicted octanol–water partition coefficient (Wildman–Crippen LogP) is 0.524. The summed E-state index contributed by atoms with van der Waals surface area (Å²) in [5.74, 6) is 0. The fourth-order valence-electron chi connectivity index (χ4n) is 0.715. The number of likely N-dealkylation sites (tertiary alicyclic amines) is 1. The number of hydrogen-bond donors (Lipinski definition) is 0. The largest absolute Gasteiger partial charge is 0.338 e. The fraction of sp³-hybridized carbons (Fsp3) is 0.800. The summed E-state index contributed by atoms with van der Waals surface area (Å²) in [6.45, 7) is 2.46. The van der Waals surface area contributed by atoms with Crippen LogP contribution in [0.15, 0.2) is 0 Å². The van der Waals surface area contributed by atoms with E-state index >= 15 is 0 Å². The molecule has 0 unspecified atom stereocenters. The molecule has 39 valence electrons. The van der Waals surface area contributed by atoms with E-state index in [0.29, 0.717) is 0 Å². The van der Waals surface area contributed by atoms with Crippen molar-refractivity contribution >= 4 is 0 Å². The molecule has 2 heteroatoms. The van der Waals surface area contributed by atoms with Crippen LogP contribution in [0.25, 0.3) is 0 Å². The van der Waals surface area contributed by atoms with Crippen LogP contribution in [0.2, 0.25) is 0 Å². The quantitative estimate of drug-likeness (QED) is 0.483. The van der Waals surface area contributed by atoms with Gasteiger partial charge in [0.25, 0.3) is 0 Å². The smallest absolute Gasteiger partial charge is 0 e. The summed E-state index contributed by atoms with van der Waals surface area (Å²) in [4.78, 5) is 2.31. The van der Waals surface area contributed by atoms with E-state index in [-0.39, 0.29) is 32.7 Å². The summed E-state index contributed by atoms with van der Waals surface area (Å²) in [6.07, 6.45) is 3.59. The molecule has 1 heterocycles. The minimum Gasteiger partial charge on any atom is -0.338 e. The SMILES string of the molecule is CN1C[CH-]CC1.[Y]. The van der Waals surface area contributed by atoms with Crippen molar-refractivity contribution in [1.82, 2.24) is 4.90 Å². The topological polar surface area (TPSA) is 3.24 Å². The first-order chi connectivity index (χ1) is 2.89. The summed E-state index contributed by atoms with van der Waals surface area (Å²) in [6, 6.07) is 0. The summed E-state index contributed by atoms with van der Waals surface area (Å²) in [5, 5.41) is 0. The summed E-state index contributed by atoms with van der Waals surface area (Å²) in [7, 11) is 2.14. The Morgan fingerprint density at radius 1 is 1.57 bits per heavy atom. The van der Waals surface area contributed by atoms with Gasteiger partial charge in [0.15, 0.2) is 0 Å². The van der Waals surface area contributed by atoms with Crippen molar-refractivity contribution in [3.05, 3.63) is 6.42 Å². The van der Waals surface area contributed by atoms with Crippen LogP contribution in [0.4, 0.5) is 0 Å². The van der Waals surface area contributed by atoms with E-state index in [1.54, 1.807) is 0 Å². The molecule has 0 saturated carbocycles. The van der Waals surface area contributed by atoms with E-state index in [2.05, 4.69) is 18.4 Å². The Labute approximate surface area is 70.3 Å². The predicted molar refractivity (Wildman–Crippen MR) is 26.4 cm³/mol. The third kappa shape index (κ3) is 2.79. The van der Waals surface area contributed by atoms with E-state index in [4.69, 9.17) is 0 Å². The monoisotopic (exact) mass is 173 g/mol. The van der Waals surface area contributed by atoms with Crippen LogP contribution in [-0.4, -0.2) is 25.0 Å². The van der Waals surface area contributed by atoms with Gasteiger partial charge in [-0.3, -0.25) is 0 Å². The fourth-order valence-corrected chi connectivity index (χ4v) is 0.715. The molecule has 0 amide bonds. The molecule has 1 aliphatic rings. The van der Waals surface area contributed by atoms with Crippen molar-refractivity contribution in [2.24, 2.45) is 0 Å². The molecular weight excluding hydrogens is 163 g/mol. The zero-order chi connectivity index (χ0) is 4.41. The van der Waals surface area contributed by atoms with Gasteiger partial charge in [0.1, 0.15) is 0 Å². The third-order valence-corrected chi connectivity index (χ3v) is 1.16. The molecule has 0 aliphatic carbocycles. The zero-order valence-corrected chi connectivity index (χ0v) is 7.56. The first-order valence-electron chi connectivity index (χ1n) is 2.40. The molecule has 0 bridgehead atoms. The van der Waals surface area contributed by atoms with E-state index in [1.165, 1.54) is 19.5 Å². The van der Waals surface area contributed by atoms with Gasteiger partial charge in [0.05, 0.1) is 0 Å². The second-order valence-electron chi connectivity index (χ2n) is 1.84. The van der Waals surface area contributed by atoms with E-state index in [9.17, 15) is 0 Å². The Bertz CT molecular complexity index is 41.3. The average Bonchev–Trinajstić information content (AvgIpc) is 1.86. The van der Waals surface area contributed by atoms with Crippen LogP contribution in [0.3, 0.4) is 0 Å². The molecule has 1 fully saturated rings. The Kier molecular flexibility index (Phi) is 4.60. The van der Waals surface area contributed by atoms with Gasteiger partial charge in [-0.15, -0.1) is 6.54 Å². The number of nitrogens with zero attached hydrogens (tertiary/aromatic N) is 1. The second-order valence-corrected chi connectivity index (χ2v) is 1.84. The molecule has 1 radical (unpaired) electrons. The maximum absolute atomic E-state index is 2.31. The molecule has 1 saturated heterocycles. The first-order valence-corrected chi connectivity index (χ1v) is 2.40. The van der Waals surface area contributed by atoms with Gasteiger partial charge in [-0.2, -0.15) is 6.42 Å². The normalized spacial score (nSPS) is 21.9. The van der Waals surface area contributed by atoms with Crippen molar-refractivity contribution in [3.8, 4) is 0 Å². The Balaban J connectivity index is 0.000000360. The van der Waals surface area contributed by atoms with Crippen molar-refractivity contribution < 1.29 is 32.7 Å². The minimum atomic E-state index is 0. The average molecular weight is 173 g/mol. The van der Waals surface area contributed by atoms with Crippen LogP contribution >= 0.6 is 0 Å². The standard InChI is InChI=1S/C5H10N.Y/c1-6-4-2-3-5-6;/h2H,3-5H2,1H3;/q-1;. The molecule has 0 aromatic carbocycles. The van der Waals surface area contributed by atoms with Gasteiger partial charge in [0.2, 0.25) is 0 Å². The van der Waals surface area contributed by atoms with Gasteiger partial charge in [0, 0.05) is 32.7 Å². The van der Waals surface area contributed by atoms with Crippen molar-refractivity contribution in [2.45, 2.75) is 6.42 Å². The molecule has 0 spiro atoms. The molecule has 0 N–H and O–H groups in total. The number of rotatable bonds is 0. The van der Waals surface area contributed by atoms with Gasteiger partial charge in [-0.05, 0) is 13.6 Å². The first kappa shape index (κ1) is 8.06. The number of hydrogen-bond acceptors (Lipinski definition) is 1. The Morgan fingerprint density at radius 3 is 2.43 bits per heavy atom. The van der Waals surface area contributed by atoms with Crippen LogP contribution in [0.5, 0.6) is 0 Å². The molecule has 0 aromatic heterocycles. The van der Waals surface area contributed by atoms with Crippen LogP contribution < -0.4 is 0 Å². The third-order valence-electron chi connectivity index (χ3n) is 1.16. The minimum absolute atomic E-state index is 0. The molecule has 0 aromatic rings. The van der Waals surface area contributed by atoms with Gasteiger partial charge < -0.3 is 11.3 Å². The second kappa shape index (κ2) is 3.99. The van der Waals surface area contributed by atoms with Crippen LogP contribution in [0.1, 0.15) is 6.42 Å². The molecule has 7 heavy (non-hydrogen) atoms. The van der Waals surface area contributed by atoms with E-state index in [0.717, 1.165) is 0 Å². The molecule has 0 atom stereocenters. The maximum Gasteiger partial charge on any atom is 0 e.